The molecule has 5 heteroatoms. The van der Waals surface area contributed by atoms with Crippen LogP contribution in [0.25, 0.3) is 0 Å². The van der Waals surface area contributed by atoms with Gasteiger partial charge in [0.25, 0.3) is 5.91 Å². The molecule has 4 nitrogen and oxygen atoms in total. The van der Waals surface area contributed by atoms with Crippen molar-refractivity contribution in [3.63, 3.8) is 0 Å². The molecule has 0 radical (unpaired) electrons. The molecule has 90 valence electrons. The van der Waals surface area contributed by atoms with E-state index in [0.29, 0.717) is 17.2 Å². The maximum absolute atomic E-state index is 11.9. The lowest BCUT2D eigenvalue weighted by atomic mass is 10.1. The number of hydrogen-bond acceptors (Lipinski definition) is 4. The highest BCUT2D eigenvalue weighted by Gasteiger charge is 2.22. The first kappa shape index (κ1) is 13.0. The van der Waals surface area contributed by atoms with E-state index in [4.69, 9.17) is 10.5 Å². The Bertz CT molecular complexity index is 366. The number of aryl methyl sites for hydroxylation is 1. The number of nitrogen functional groups attached to an aromatic ring is 1. The van der Waals surface area contributed by atoms with Crippen LogP contribution in [-0.4, -0.2) is 25.2 Å². The minimum absolute atomic E-state index is 0.105. The number of nitrogens with one attached hydrogen (secondary N) is 1. The van der Waals surface area contributed by atoms with Crippen molar-refractivity contribution in [2.75, 3.05) is 19.5 Å². The third-order valence-corrected chi connectivity index (χ3v) is 3.20. The summed E-state index contributed by atoms with van der Waals surface area (Å²) >= 11 is 1.40. The van der Waals surface area contributed by atoms with E-state index >= 15 is 0 Å². The molecular formula is C11H18N2O2S. The third kappa shape index (κ3) is 3.21. The lowest BCUT2D eigenvalue weighted by molar-refractivity contribution is 0.0824. The maximum Gasteiger partial charge on any atom is 0.261 e. The van der Waals surface area contributed by atoms with Crippen LogP contribution in [0.5, 0.6) is 0 Å². The number of rotatable bonds is 4. The van der Waals surface area contributed by atoms with E-state index in [2.05, 4.69) is 5.32 Å². The summed E-state index contributed by atoms with van der Waals surface area (Å²) in [5.41, 5.74) is 6.00. The Morgan fingerprint density at radius 3 is 2.69 bits per heavy atom. The van der Waals surface area contributed by atoms with Crippen LogP contribution in [0.4, 0.5) is 5.69 Å². The number of anilines is 1. The molecular weight excluding hydrogens is 224 g/mol. The van der Waals surface area contributed by atoms with Crippen molar-refractivity contribution in [1.82, 2.24) is 5.32 Å². The van der Waals surface area contributed by atoms with Gasteiger partial charge in [-0.1, -0.05) is 0 Å². The van der Waals surface area contributed by atoms with E-state index in [1.807, 2.05) is 20.8 Å². The number of ether oxygens (including phenoxy) is 1. The molecule has 1 aromatic rings. The second kappa shape index (κ2) is 4.84. The first-order valence-corrected chi connectivity index (χ1v) is 5.85. The molecule has 1 heterocycles. The number of methoxy groups -OCH3 is 1. The predicted octanol–water partition coefficient (Wildman–Crippen LogP) is 1.79. The number of carbonyl (C=O) groups is 1. The van der Waals surface area contributed by atoms with Crippen LogP contribution >= 0.6 is 11.3 Å². The Morgan fingerprint density at radius 1 is 1.62 bits per heavy atom. The van der Waals surface area contributed by atoms with Crippen LogP contribution in [-0.2, 0) is 4.74 Å². The molecule has 0 atom stereocenters. The van der Waals surface area contributed by atoms with E-state index in [9.17, 15) is 4.79 Å². The molecule has 0 aromatic carbocycles. The molecule has 0 aliphatic rings. The van der Waals surface area contributed by atoms with Crippen LogP contribution in [0.15, 0.2) is 6.07 Å². The fraction of sp³-hybridized carbons (Fsp3) is 0.545. The van der Waals surface area contributed by atoms with Gasteiger partial charge in [0.15, 0.2) is 0 Å². The van der Waals surface area contributed by atoms with Gasteiger partial charge in [0, 0.05) is 17.7 Å². The molecule has 1 rings (SSSR count). The summed E-state index contributed by atoms with van der Waals surface area (Å²) in [6.45, 7) is 6.20. The summed E-state index contributed by atoms with van der Waals surface area (Å²) in [6, 6.07) is 1.71. The molecule has 0 bridgehead atoms. The third-order valence-electron chi connectivity index (χ3n) is 2.14. The molecule has 0 fully saturated rings. The Morgan fingerprint density at radius 2 is 2.25 bits per heavy atom. The van der Waals surface area contributed by atoms with Gasteiger partial charge in [-0.2, -0.15) is 0 Å². The van der Waals surface area contributed by atoms with Gasteiger partial charge >= 0.3 is 0 Å². The van der Waals surface area contributed by atoms with E-state index in [1.165, 1.54) is 11.3 Å². The Hall–Kier alpha value is -1.07. The fourth-order valence-corrected chi connectivity index (χ4v) is 2.21. The van der Waals surface area contributed by atoms with Gasteiger partial charge in [-0.05, 0) is 26.8 Å². The minimum atomic E-state index is -0.376. The minimum Gasteiger partial charge on any atom is -0.398 e. The van der Waals surface area contributed by atoms with Gasteiger partial charge in [-0.15, -0.1) is 11.3 Å². The number of hydrogen-bond donors (Lipinski definition) is 2. The van der Waals surface area contributed by atoms with Crippen LogP contribution < -0.4 is 11.1 Å². The van der Waals surface area contributed by atoms with Gasteiger partial charge in [-0.25, -0.2) is 0 Å². The van der Waals surface area contributed by atoms with Crippen LogP contribution in [0, 0.1) is 6.92 Å². The molecule has 3 N–H and O–H groups in total. The molecule has 0 unspecified atom stereocenters. The molecule has 1 aromatic heterocycles. The molecule has 0 spiro atoms. The normalized spacial score (nSPS) is 11.5. The number of carbonyl (C=O) groups excluding carboxylic acids is 1. The summed E-state index contributed by atoms with van der Waals surface area (Å²) in [4.78, 5) is 13.5. The van der Waals surface area contributed by atoms with Crippen LogP contribution in [0.1, 0.15) is 28.4 Å². The lowest BCUT2D eigenvalue weighted by Crippen LogP contribution is -2.46. The smallest absolute Gasteiger partial charge is 0.261 e. The van der Waals surface area contributed by atoms with E-state index in [1.54, 1.807) is 13.2 Å². The van der Waals surface area contributed by atoms with Crippen molar-refractivity contribution in [3.05, 3.63) is 15.8 Å². The predicted molar refractivity (Wildman–Crippen MR) is 66.9 cm³/mol. The zero-order chi connectivity index (χ0) is 12.3. The highest BCUT2D eigenvalue weighted by molar-refractivity contribution is 7.14. The summed E-state index contributed by atoms with van der Waals surface area (Å²) in [5, 5.41) is 2.90. The first-order valence-electron chi connectivity index (χ1n) is 5.03. The van der Waals surface area contributed by atoms with Crippen molar-refractivity contribution < 1.29 is 9.53 Å². The summed E-state index contributed by atoms with van der Waals surface area (Å²) in [5.74, 6) is -0.105. The van der Waals surface area contributed by atoms with Crippen LogP contribution in [0.2, 0.25) is 0 Å². The topological polar surface area (TPSA) is 64.3 Å². The first-order chi connectivity index (χ1) is 7.35. The van der Waals surface area contributed by atoms with Gasteiger partial charge in [-0.3, -0.25) is 4.79 Å². The largest absolute Gasteiger partial charge is 0.398 e. The Kier molecular flexibility index (Phi) is 3.93. The zero-order valence-corrected chi connectivity index (χ0v) is 10.9. The molecule has 1 amide bonds. The zero-order valence-electron chi connectivity index (χ0n) is 10.1. The number of nitrogens with two attached hydrogens (primary N) is 1. The molecule has 0 saturated carbocycles. The average Bonchev–Trinajstić information content (AvgIpc) is 2.46. The fourth-order valence-electron chi connectivity index (χ4n) is 1.37. The highest BCUT2D eigenvalue weighted by Crippen LogP contribution is 2.23. The lowest BCUT2D eigenvalue weighted by Gasteiger charge is -2.24. The monoisotopic (exact) mass is 242 g/mol. The van der Waals surface area contributed by atoms with Gasteiger partial charge < -0.3 is 15.8 Å². The van der Waals surface area contributed by atoms with Gasteiger partial charge in [0.2, 0.25) is 0 Å². The van der Waals surface area contributed by atoms with Crippen LogP contribution in [0.3, 0.4) is 0 Å². The Labute approximate surface area is 99.8 Å². The van der Waals surface area contributed by atoms with Crippen molar-refractivity contribution in [1.29, 1.82) is 0 Å². The summed E-state index contributed by atoms with van der Waals surface area (Å²) < 4.78 is 5.04. The second-order valence-corrected chi connectivity index (χ2v) is 5.65. The maximum atomic E-state index is 11.9. The highest BCUT2D eigenvalue weighted by atomic mass is 32.1. The molecule has 16 heavy (non-hydrogen) atoms. The van der Waals surface area contributed by atoms with Gasteiger partial charge in [0.05, 0.1) is 17.0 Å². The van der Waals surface area contributed by atoms with Crippen molar-refractivity contribution in [3.8, 4) is 0 Å². The quantitative estimate of drug-likeness (QED) is 0.846. The van der Waals surface area contributed by atoms with E-state index in [-0.39, 0.29) is 11.4 Å². The number of thiophene rings is 1. The SMILES string of the molecule is COCC(C)(C)NC(=O)c1cc(N)c(C)s1. The summed E-state index contributed by atoms with van der Waals surface area (Å²) in [7, 11) is 1.61. The molecule has 0 aliphatic heterocycles. The van der Waals surface area contributed by atoms with E-state index < -0.39 is 0 Å². The average molecular weight is 242 g/mol. The van der Waals surface area contributed by atoms with Crippen molar-refractivity contribution >= 4 is 22.9 Å². The van der Waals surface area contributed by atoms with E-state index in [0.717, 1.165) is 4.88 Å². The molecule has 0 saturated heterocycles. The number of amides is 1. The molecule has 0 aliphatic carbocycles. The van der Waals surface area contributed by atoms with Gasteiger partial charge in [0.1, 0.15) is 0 Å². The summed E-state index contributed by atoms with van der Waals surface area (Å²) in [6.07, 6.45) is 0. The van der Waals surface area contributed by atoms with Crippen molar-refractivity contribution in [2.45, 2.75) is 26.3 Å². The Balaban J connectivity index is 2.72. The second-order valence-electron chi connectivity index (χ2n) is 4.39. The van der Waals surface area contributed by atoms with Crippen molar-refractivity contribution in [2.24, 2.45) is 0 Å². The standard InChI is InChI=1S/C11H18N2O2S/c1-7-8(12)5-9(16-7)10(14)13-11(2,3)6-15-4/h5H,6,12H2,1-4H3,(H,13,14).